The SMILES string of the molecule is CCN=C(NN)Nc1cc(Br)ccc1OC. The van der Waals surface area contributed by atoms with Crippen molar-refractivity contribution in [1.29, 1.82) is 0 Å². The monoisotopic (exact) mass is 286 g/mol. The zero-order valence-corrected chi connectivity index (χ0v) is 10.8. The molecule has 0 saturated heterocycles. The highest BCUT2D eigenvalue weighted by Gasteiger charge is 2.05. The molecule has 0 aromatic heterocycles. The zero-order chi connectivity index (χ0) is 12.0. The summed E-state index contributed by atoms with van der Waals surface area (Å²) in [5, 5.41) is 3.05. The van der Waals surface area contributed by atoms with E-state index in [1.807, 2.05) is 25.1 Å². The Labute approximate surface area is 103 Å². The molecule has 0 spiro atoms. The Morgan fingerprint density at radius 3 is 2.88 bits per heavy atom. The average Bonchev–Trinajstić information content (AvgIpc) is 2.29. The number of ether oxygens (including phenoxy) is 1. The van der Waals surface area contributed by atoms with Gasteiger partial charge < -0.3 is 10.1 Å². The summed E-state index contributed by atoms with van der Waals surface area (Å²) < 4.78 is 6.16. The Morgan fingerprint density at radius 1 is 1.56 bits per heavy atom. The Balaban J connectivity index is 2.94. The first-order chi connectivity index (χ1) is 7.71. The van der Waals surface area contributed by atoms with Crippen LogP contribution >= 0.6 is 15.9 Å². The van der Waals surface area contributed by atoms with Gasteiger partial charge in [-0.25, -0.2) is 5.84 Å². The second-order valence-corrected chi connectivity index (χ2v) is 3.85. The van der Waals surface area contributed by atoms with E-state index in [1.165, 1.54) is 0 Å². The molecule has 0 atom stereocenters. The number of benzene rings is 1. The lowest BCUT2D eigenvalue weighted by molar-refractivity contribution is 0.417. The van der Waals surface area contributed by atoms with Crippen LogP contribution in [0.5, 0.6) is 5.75 Å². The third-order valence-corrected chi connectivity index (χ3v) is 2.36. The highest BCUT2D eigenvalue weighted by atomic mass is 79.9. The Kier molecular flexibility index (Phi) is 5.07. The molecule has 1 aromatic carbocycles. The smallest absolute Gasteiger partial charge is 0.210 e. The first kappa shape index (κ1) is 12.8. The summed E-state index contributed by atoms with van der Waals surface area (Å²) in [6, 6.07) is 5.64. The molecule has 1 aromatic rings. The molecule has 0 amide bonds. The van der Waals surface area contributed by atoms with Crippen molar-refractivity contribution in [3.8, 4) is 5.75 Å². The summed E-state index contributed by atoms with van der Waals surface area (Å²) in [6.45, 7) is 2.57. The number of halogens is 1. The number of hydrogen-bond donors (Lipinski definition) is 3. The van der Waals surface area contributed by atoms with Gasteiger partial charge in [-0.15, -0.1) is 0 Å². The molecular weight excluding hydrogens is 272 g/mol. The first-order valence-electron chi connectivity index (χ1n) is 4.83. The normalized spacial score (nSPS) is 11.1. The van der Waals surface area contributed by atoms with Crippen molar-refractivity contribution in [2.75, 3.05) is 19.0 Å². The van der Waals surface area contributed by atoms with Crippen LogP contribution in [0.4, 0.5) is 5.69 Å². The topological polar surface area (TPSA) is 71.7 Å². The Morgan fingerprint density at radius 2 is 2.31 bits per heavy atom. The van der Waals surface area contributed by atoms with E-state index < -0.39 is 0 Å². The Hall–Kier alpha value is -1.27. The lowest BCUT2D eigenvalue weighted by atomic mass is 10.3. The predicted octanol–water partition coefficient (Wildman–Crippen LogP) is 1.71. The number of rotatable bonds is 3. The maximum Gasteiger partial charge on any atom is 0.210 e. The van der Waals surface area contributed by atoms with Gasteiger partial charge in [-0.3, -0.25) is 10.4 Å². The van der Waals surface area contributed by atoms with E-state index in [4.69, 9.17) is 10.6 Å². The lowest BCUT2D eigenvalue weighted by Crippen LogP contribution is -2.36. The van der Waals surface area contributed by atoms with Crippen LogP contribution in [0, 0.1) is 0 Å². The van der Waals surface area contributed by atoms with Crippen LogP contribution in [0.2, 0.25) is 0 Å². The van der Waals surface area contributed by atoms with Crippen LogP contribution in [0.15, 0.2) is 27.7 Å². The van der Waals surface area contributed by atoms with E-state index in [-0.39, 0.29) is 0 Å². The van der Waals surface area contributed by atoms with Crippen molar-refractivity contribution in [3.05, 3.63) is 22.7 Å². The lowest BCUT2D eigenvalue weighted by Gasteiger charge is -2.12. The number of hydrogen-bond acceptors (Lipinski definition) is 3. The molecule has 5 nitrogen and oxygen atoms in total. The molecule has 16 heavy (non-hydrogen) atoms. The van der Waals surface area contributed by atoms with Crippen molar-refractivity contribution in [3.63, 3.8) is 0 Å². The highest BCUT2D eigenvalue weighted by molar-refractivity contribution is 9.10. The van der Waals surface area contributed by atoms with Gasteiger partial charge in [0.05, 0.1) is 12.8 Å². The van der Waals surface area contributed by atoms with Gasteiger partial charge in [-0.2, -0.15) is 0 Å². The molecule has 0 unspecified atom stereocenters. The fraction of sp³-hybridized carbons (Fsp3) is 0.300. The van der Waals surface area contributed by atoms with Crippen LogP contribution in [0.25, 0.3) is 0 Å². The standard InChI is InChI=1S/C10H15BrN4O/c1-3-13-10(15-12)14-8-6-7(11)4-5-9(8)16-2/h4-6H,3,12H2,1-2H3,(H2,13,14,15). The van der Waals surface area contributed by atoms with E-state index in [0.29, 0.717) is 12.5 Å². The van der Waals surface area contributed by atoms with Gasteiger partial charge in [0, 0.05) is 11.0 Å². The second kappa shape index (κ2) is 6.34. The van der Waals surface area contributed by atoms with Gasteiger partial charge in [0.25, 0.3) is 0 Å². The minimum Gasteiger partial charge on any atom is -0.495 e. The van der Waals surface area contributed by atoms with Crippen molar-refractivity contribution in [2.24, 2.45) is 10.8 Å². The molecule has 0 saturated carbocycles. The van der Waals surface area contributed by atoms with E-state index in [2.05, 4.69) is 31.7 Å². The average molecular weight is 287 g/mol. The van der Waals surface area contributed by atoms with Gasteiger partial charge in [-0.1, -0.05) is 15.9 Å². The van der Waals surface area contributed by atoms with Gasteiger partial charge in [0.2, 0.25) is 5.96 Å². The molecule has 4 N–H and O–H groups in total. The van der Waals surface area contributed by atoms with E-state index in [0.717, 1.165) is 15.9 Å². The number of nitrogens with one attached hydrogen (secondary N) is 2. The number of methoxy groups -OCH3 is 1. The first-order valence-corrected chi connectivity index (χ1v) is 5.62. The molecule has 0 fully saturated rings. The number of nitrogens with zero attached hydrogens (tertiary/aromatic N) is 1. The minimum absolute atomic E-state index is 0.499. The third kappa shape index (κ3) is 3.39. The molecule has 1 rings (SSSR count). The van der Waals surface area contributed by atoms with E-state index in [9.17, 15) is 0 Å². The molecule has 0 bridgehead atoms. The molecule has 0 aliphatic heterocycles. The maximum atomic E-state index is 5.34. The largest absolute Gasteiger partial charge is 0.495 e. The molecule has 88 valence electrons. The maximum absolute atomic E-state index is 5.34. The van der Waals surface area contributed by atoms with E-state index >= 15 is 0 Å². The van der Waals surface area contributed by atoms with Crippen LogP contribution in [-0.2, 0) is 0 Å². The van der Waals surface area contributed by atoms with Crippen LogP contribution in [0.1, 0.15) is 6.92 Å². The number of hydrazine groups is 1. The number of nitrogens with two attached hydrogens (primary N) is 1. The van der Waals surface area contributed by atoms with Crippen LogP contribution in [0.3, 0.4) is 0 Å². The van der Waals surface area contributed by atoms with Gasteiger partial charge in [-0.05, 0) is 25.1 Å². The fourth-order valence-corrected chi connectivity index (χ4v) is 1.55. The fourth-order valence-electron chi connectivity index (χ4n) is 1.18. The van der Waals surface area contributed by atoms with Crippen molar-refractivity contribution in [2.45, 2.75) is 6.92 Å². The summed E-state index contributed by atoms with van der Waals surface area (Å²) in [5.41, 5.74) is 3.28. The summed E-state index contributed by atoms with van der Waals surface area (Å²) in [4.78, 5) is 4.14. The molecule has 6 heteroatoms. The Bertz CT molecular complexity index is 381. The number of aliphatic imine (C=N–C) groups is 1. The second-order valence-electron chi connectivity index (χ2n) is 2.94. The molecule has 0 aliphatic carbocycles. The van der Waals surface area contributed by atoms with Gasteiger partial charge in [0.15, 0.2) is 0 Å². The van der Waals surface area contributed by atoms with Crippen molar-refractivity contribution in [1.82, 2.24) is 5.43 Å². The van der Waals surface area contributed by atoms with Crippen molar-refractivity contribution >= 4 is 27.6 Å². The van der Waals surface area contributed by atoms with Gasteiger partial charge in [0.1, 0.15) is 5.75 Å². The van der Waals surface area contributed by atoms with Crippen LogP contribution in [-0.4, -0.2) is 19.6 Å². The third-order valence-electron chi connectivity index (χ3n) is 1.87. The molecule has 0 aliphatic rings. The quantitative estimate of drug-likeness (QED) is 0.342. The summed E-state index contributed by atoms with van der Waals surface area (Å²) in [7, 11) is 1.61. The number of anilines is 1. The molecule has 0 radical (unpaired) electrons. The predicted molar refractivity (Wildman–Crippen MR) is 69.6 cm³/mol. The minimum atomic E-state index is 0.499. The summed E-state index contributed by atoms with van der Waals surface area (Å²) in [6.07, 6.45) is 0. The van der Waals surface area contributed by atoms with Gasteiger partial charge >= 0.3 is 0 Å². The van der Waals surface area contributed by atoms with E-state index in [1.54, 1.807) is 7.11 Å². The number of guanidine groups is 1. The molecule has 0 heterocycles. The molecular formula is C10H15BrN4O. The summed E-state index contributed by atoms with van der Waals surface area (Å²) >= 11 is 3.39. The zero-order valence-electron chi connectivity index (χ0n) is 9.25. The highest BCUT2D eigenvalue weighted by Crippen LogP contribution is 2.27. The summed E-state index contributed by atoms with van der Waals surface area (Å²) in [5.74, 6) is 6.56. The van der Waals surface area contributed by atoms with Crippen LogP contribution < -0.4 is 21.3 Å². The van der Waals surface area contributed by atoms with Crippen molar-refractivity contribution < 1.29 is 4.74 Å².